The number of fused-ring (bicyclic) bond motifs is 1. The molecule has 0 saturated heterocycles. The average molecular weight is 313 g/mol. The number of aromatic amines is 1. The molecular formula is C17H15NO5. The zero-order chi connectivity index (χ0) is 16.6. The second-order valence-corrected chi connectivity index (χ2v) is 5.13. The van der Waals surface area contributed by atoms with Crippen LogP contribution in [0.5, 0.6) is 11.5 Å². The Balaban J connectivity index is 2.08. The van der Waals surface area contributed by atoms with Gasteiger partial charge in [0.2, 0.25) is 0 Å². The number of hydrogen-bond donors (Lipinski definition) is 2. The third-order valence-electron chi connectivity index (χ3n) is 3.42. The Kier molecular flexibility index (Phi) is 3.65. The van der Waals surface area contributed by atoms with E-state index >= 15 is 0 Å². The summed E-state index contributed by atoms with van der Waals surface area (Å²) >= 11 is 0. The highest BCUT2D eigenvalue weighted by Crippen LogP contribution is 2.32. The van der Waals surface area contributed by atoms with E-state index in [9.17, 15) is 14.7 Å². The zero-order valence-electron chi connectivity index (χ0n) is 12.7. The molecule has 0 radical (unpaired) electrons. The summed E-state index contributed by atoms with van der Waals surface area (Å²) in [5.41, 5.74) is 1.32. The molecule has 2 N–H and O–H groups in total. The van der Waals surface area contributed by atoms with Gasteiger partial charge >= 0.3 is 5.97 Å². The number of cyclic esters (lactones) is 1. The first kappa shape index (κ1) is 14.9. The molecule has 23 heavy (non-hydrogen) atoms. The summed E-state index contributed by atoms with van der Waals surface area (Å²) in [6, 6.07) is 6.49. The van der Waals surface area contributed by atoms with Gasteiger partial charge < -0.3 is 19.6 Å². The van der Waals surface area contributed by atoms with Gasteiger partial charge in [-0.05, 0) is 43.7 Å². The second-order valence-electron chi connectivity index (χ2n) is 5.13. The Labute approximate surface area is 132 Å². The Morgan fingerprint density at radius 1 is 1.30 bits per heavy atom. The van der Waals surface area contributed by atoms with Gasteiger partial charge in [0.25, 0.3) is 5.56 Å². The monoisotopic (exact) mass is 313 g/mol. The molecule has 0 fully saturated rings. The number of aromatic hydroxyl groups is 1. The minimum absolute atomic E-state index is 0.00524. The van der Waals surface area contributed by atoms with Crippen molar-refractivity contribution in [2.45, 2.75) is 13.8 Å². The molecule has 0 amide bonds. The van der Waals surface area contributed by atoms with Crippen LogP contribution in [0.2, 0.25) is 0 Å². The van der Waals surface area contributed by atoms with E-state index in [1.54, 1.807) is 31.2 Å². The summed E-state index contributed by atoms with van der Waals surface area (Å²) in [6.45, 7) is 3.96. The van der Waals surface area contributed by atoms with Gasteiger partial charge in [0.15, 0.2) is 11.5 Å². The number of H-pyrrole nitrogens is 1. The number of pyridine rings is 1. The SMILES string of the molecule is CCOc1cc(/C=C2\OC(=O)c3c2cc(C)[nH]c3=O)ccc1O. The average Bonchev–Trinajstić information content (AvgIpc) is 2.79. The van der Waals surface area contributed by atoms with Gasteiger partial charge in [0.05, 0.1) is 6.61 Å². The van der Waals surface area contributed by atoms with Crippen LogP contribution in [0.25, 0.3) is 11.8 Å². The van der Waals surface area contributed by atoms with Crippen molar-refractivity contribution in [2.24, 2.45) is 0 Å². The number of rotatable bonds is 3. The first-order valence-corrected chi connectivity index (χ1v) is 7.13. The van der Waals surface area contributed by atoms with Crippen LogP contribution >= 0.6 is 0 Å². The quantitative estimate of drug-likeness (QED) is 0.850. The molecule has 1 aromatic carbocycles. The number of ether oxygens (including phenoxy) is 2. The smallest absolute Gasteiger partial charge is 0.349 e. The molecule has 0 bridgehead atoms. The Hall–Kier alpha value is -3.02. The lowest BCUT2D eigenvalue weighted by atomic mass is 10.1. The van der Waals surface area contributed by atoms with Crippen molar-refractivity contribution in [1.82, 2.24) is 4.98 Å². The number of nitrogens with one attached hydrogen (secondary N) is 1. The number of carbonyl (C=O) groups excluding carboxylic acids is 1. The van der Waals surface area contributed by atoms with Crippen LogP contribution < -0.4 is 10.3 Å². The molecule has 0 saturated carbocycles. The molecule has 0 unspecified atom stereocenters. The van der Waals surface area contributed by atoms with Crippen molar-refractivity contribution >= 4 is 17.8 Å². The van der Waals surface area contributed by atoms with Crippen LogP contribution in [-0.2, 0) is 4.74 Å². The maximum atomic E-state index is 11.9. The van der Waals surface area contributed by atoms with E-state index in [4.69, 9.17) is 9.47 Å². The van der Waals surface area contributed by atoms with Crippen molar-refractivity contribution < 1.29 is 19.4 Å². The van der Waals surface area contributed by atoms with Crippen molar-refractivity contribution in [3.8, 4) is 11.5 Å². The maximum absolute atomic E-state index is 11.9. The van der Waals surface area contributed by atoms with Gasteiger partial charge in [-0.1, -0.05) is 6.07 Å². The van der Waals surface area contributed by atoms with E-state index in [2.05, 4.69) is 4.98 Å². The zero-order valence-corrected chi connectivity index (χ0v) is 12.7. The highest BCUT2D eigenvalue weighted by Gasteiger charge is 2.30. The number of aromatic nitrogens is 1. The normalized spacial score (nSPS) is 14.7. The highest BCUT2D eigenvalue weighted by molar-refractivity contribution is 6.05. The molecule has 6 heteroatoms. The molecular weight excluding hydrogens is 298 g/mol. The van der Waals surface area contributed by atoms with E-state index in [0.29, 0.717) is 34.9 Å². The Bertz CT molecular complexity index is 879. The van der Waals surface area contributed by atoms with Crippen molar-refractivity contribution in [2.75, 3.05) is 6.61 Å². The van der Waals surface area contributed by atoms with E-state index in [0.717, 1.165) is 0 Å². The summed E-state index contributed by atoms with van der Waals surface area (Å²) in [7, 11) is 0. The molecule has 1 aromatic heterocycles. The van der Waals surface area contributed by atoms with Gasteiger partial charge in [-0.25, -0.2) is 4.79 Å². The number of aryl methyl sites for hydroxylation is 1. The van der Waals surface area contributed by atoms with E-state index in [1.165, 1.54) is 6.07 Å². The first-order chi connectivity index (χ1) is 11.0. The highest BCUT2D eigenvalue weighted by atomic mass is 16.5. The van der Waals surface area contributed by atoms with Crippen LogP contribution in [-0.4, -0.2) is 22.7 Å². The number of hydrogen-bond acceptors (Lipinski definition) is 5. The van der Waals surface area contributed by atoms with Gasteiger partial charge in [-0.3, -0.25) is 4.79 Å². The number of esters is 1. The molecule has 2 aromatic rings. The van der Waals surface area contributed by atoms with Crippen LogP contribution in [0.3, 0.4) is 0 Å². The Morgan fingerprint density at radius 2 is 2.09 bits per heavy atom. The lowest BCUT2D eigenvalue weighted by molar-refractivity contribution is 0.0715. The number of benzene rings is 1. The third kappa shape index (κ3) is 2.70. The molecule has 6 nitrogen and oxygen atoms in total. The predicted octanol–water partition coefficient (Wildman–Crippen LogP) is 2.46. The van der Waals surface area contributed by atoms with E-state index in [-0.39, 0.29) is 11.3 Å². The minimum Gasteiger partial charge on any atom is -0.504 e. The number of phenols is 1. The summed E-state index contributed by atoms with van der Waals surface area (Å²) in [5.74, 6) is 0.00207. The van der Waals surface area contributed by atoms with Gasteiger partial charge in [-0.15, -0.1) is 0 Å². The van der Waals surface area contributed by atoms with Crippen LogP contribution in [0.15, 0.2) is 29.1 Å². The van der Waals surface area contributed by atoms with Crippen LogP contribution in [0.1, 0.15) is 34.1 Å². The lowest BCUT2D eigenvalue weighted by Crippen LogP contribution is -2.16. The molecule has 1 aliphatic heterocycles. The molecule has 0 atom stereocenters. The molecule has 0 spiro atoms. The molecule has 2 heterocycles. The first-order valence-electron chi connectivity index (χ1n) is 7.13. The van der Waals surface area contributed by atoms with E-state index in [1.807, 2.05) is 6.92 Å². The van der Waals surface area contributed by atoms with Crippen LogP contribution in [0, 0.1) is 6.92 Å². The van der Waals surface area contributed by atoms with Crippen molar-refractivity contribution in [3.63, 3.8) is 0 Å². The lowest BCUT2D eigenvalue weighted by Gasteiger charge is -2.07. The summed E-state index contributed by atoms with van der Waals surface area (Å²) in [6.07, 6.45) is 1.63. The molecule has 0 aliphatic carbocycles. The fraction of sp³-hybridized carbons (Fsp3) is 0.176. The Morgan fingerprint density at radius 3 is 2.83 bits per heavy atom. The summed E-state index contributed by atoms with van der Waals surface area (Å²) in [4.78, 5) is 26.3. The molecule has 1 aliphatic rings. The predicted molar refractivity (Wildman–Crippen MR) is 84.4 cm³/mol. The second kappa shape index (κ2) is 5.64. The van der Waals surface area contributed by atoms with Gasteiger partial charge in [0, 0.05) is 11.3 Å². The standard InChI is InChI=1S/C17H15NO5/c1-3-22-14-8-10(4-5-12(14)19)7-13-11-6-9(2)18-16(20)15(11)17(21)23-13/h4-8,19H,3H2,1-2H3,(H,18,20)/b13-7-. The molecule has 3 rings (SSSR count). The van der Waals surface area contributed by atoms with Crippen LogP contribution in [0.4, 0.5) is 0 Å². The fourth-order valence-corrected chi connectivity index (χ4v) is 2.44. The topological polar surface area (TPSA) is 88.6 Å². The maximum Gasteiger partial charge on any atom is 0.349 e. The third-order valence-corrected chi connectivity index (χ3v) is 3.42. The van der Waals surface area contributed by atoms with Gasteiger partial charge in [-0.2, -0.15) is 0 Å². The summed E-state index contributed by atoms with van der Waals surface area (Å²) < 4.78 is 10.5. The minimum atomic E-state index is -0.670. The number of phenolic OH excluding ortho intramolecular Hbond substituents is 1. The largest absolute Gasteiger partial charge is 0.504 e. The van der Waals surface area contributed by atoms with E-state index < -0.39 is 11.5 Å². The molecule has 118 valence electrons. The van der Waals surface area contributed by atoms with Crippen molar-refractivity contribution in [1.29, 1.82) is 0 Å². The summed E-state index contributed by atoms with van der Waals surface area (Å²) in [5, 5.41) is 9.72. The number of carbonyl (C=O) groups is 1. The fourth-order valence-electron chi connectivity index (χ4n) is 2.44. The van der Waals surface area contributed by atoms with Crippen molar-refractivity contribution in [3.05, 3.63) is 57.0 Å². The van der Waals surface area contributed by atoms with Gasteiger partial charge in [0.1, 0.15) is 11.3 Å².